The first kappa shape index (κ1) is 11.1. The highest BCUT2D eigenvalue weighted by Gasteiger charge is 2.09. The molecule has 0 atom stereocenters. The molecule has 1 aliphatic rings. The lowest BCUT2D eigenvalue weighted by molar-refractivity contribution is 0.293. The smallest absolute Gasteiger partial charge is 0.0360 e. The fourth-order valence-electron chi connectivity index (χ4n) is 1.71. The summed E-state index contributed by atoms with van der Waals surface area (Å²) in [5, 5.41) is 0. The Hall–Kier alpha value is -0.980. The van der Waals surface area contributed by atoms with Crippen LogP contribution in [0.25, 0.3) is 0 Å². The van der Waals surface area contributed by atoms with Gasteiger partial charge in [-0.05, 0) is 45.3 Å². The summed E-state index contributed by atoms with van der Waals surface area (Å²) >= 11 is 0. The molecule has 0 aliphatic carbocycles. The highest BCUT2D eigenvalue weighted by molar-refractivity contribution is 5.23. The lowest BCUT2D eigenvalue weighted by Crippen LogP contribution is -2.28. The van der Waals surface area contributed by atoms with Crippen LogP contribution in [0, 0.1) is 0 Å². The summed E-state index contributed by atoms with van der Waals surface area (Å²) in [5.74, 6) is 0. The molecule has 1 rings (SSSR count). The van der Waals surface area contributed by atoms with E-state index in [-0.39, 0.29) is 0 Å². The molecule has 1 saturated heterocycles. The van der Waals surface area contributed by atoms with Gasteiger partial charge in [0.25, 0.3) is 0 Å². The zero-order valence-corrected chi connectivity index (χ0v) is 9.42. The molecule has 0 N–H and O–H groups in total. The molecule has 78 valence electrons. The molecule has 14 heavy (non-hydrogen) atoms. The van der Waals surface area contributed by atoms with Crippen LogP contribution in [0.2, 0.25) is 0 Å². The predicted octanol–water partition coefficient (Wildman–Crippen LogP) is 3.51. The second-order valence-electron chi connectivity index (χ2n) is 4.09. The van der Waals surface area contributed by atoms with E-state index in [1.165, 1.54) is 43.6 Å². The Morgan fingerprint density at radius 2 is 1.71 bits per heavy atom. The van der Waals surface area contributed by atoms with Crippen molar-refractivity contribution < 1.29 is 0 Å². The molecule has 1 heterocycles. The topological polar surface area (TPSA) is 3.24 Å². The van der Waals surface area contributed by atoms with Gasteiger partial charge in [-0.15, -0.1) is 0 Å². The molecule has 0 aromatic heterocycles. The van der Waals surface area contributed by atoms with E-state index in [0.29, 0.717) is 0 Å². The van der Waals surface area contributed by atoms with Crippen LogP contribution in [-0.4, -0.2) is 18.0 Å². The predicted molar refractivity (Wildman–Crippen MR) is 63.1 cm³/mol. The normalized spacial score (nSPS) is 17.9. The third kappa shape index (κ3) is 3.41. The average Bonchev–Trinajstić information content (AvgIpc) is 2.20. The molecule has 0 bridgehead atoms. The maximum atomic E-state index is 3.87. The maximum Gasteiger partial charge on any atom is 0.0360 e. The van der Waals surface area contributed by atoms with Gasteiger partial charge in [0.2, 0.25) is 0 Å². The number of nitrogens with zero attached hydrogens (tertiary/aromatic N) is 1. The molecule has 0 spiro atoms. The van der Waals surface area contributed by atoms with Gasteiger partial charge < -0.3 is 4.90 Å². The minimum atomic E-state index is 1.19. The lowest BCUT2D eigenvalue weighted by atomic mass is 10.1. The van der Waals surface area contributed by atoms with Crippen LogP contribution in [0.15, 0.2) is 36.1 Å². The Morgan fingerprint density at radius 1 is 1.07 bits per heavy atom. The summed E-state index contributed by atoms with van der Waals surface area (Å²) in [4.78, 5) is 2.43. The van der Waals surface area contributed by atoms with Crippen molar-refractivity contribution in [3.63, 3.8) is 0 Å². The van der Waals surface area contributed by atoms with E-state index < -0.39 is 0 Å². The summed E-state index contributed by atoms with van der Waals surface area (Å²) < 4.78 is 0. The van der Waals surface area contributed by atoms with E-state index in [2.05, 4.69) is 37.5 Å². The quantitative estimate of drug-likeness (QED) is 0.617. The minimum absolute atomic E-state index is 1.19. The third-order valence-corrected chi connectivity index (χ3v) is 2.52. The van der Waals surface area contributed by atoms with Gasteiger partial charge in [-0.2, -0.15) is 0 Å². The molecular weight excluding hydrogens is 170 g/mol. The number of allylic oxidation sites excluding steroid dienone is 4. The number of rotatable bonds is 3. The fraction of sp³-hybridized carbons (Fsp3) is 0.538. The van der Waals surface area contributed by atoms with Gasteiger partial charge in [-0.1, -0.05) is 18.2 Å². The standard InChI is InChI=1S/C13H21N/c1-4-13(9-8-12(2)3)14-10-6-5-7-11-14/h4,8-9H,1,5-7,10-11H2,2-3H3/b13-9+. The van der Waals surface area contributed by atoms with Crippen molar-refractivity contribution in [2.24, 2.45) is 0 Å². The lowest BCUT2D eigenvalue weighted by Gasteiger charge is -2.29. The van der Waals surface area contributed by atoms with Crippen LogP contribution in [0.1, 0.15) is 33.1 Å². The first-order valence-corrected chi connectivity index (χ1v) is 5.46. The molecule has 1 nitrogen and oxygen atoms in total. The minimum Gasteiger partial charge on any atom is -0.372 e. The second kappa shape index (κ2) is 5.69. The van der Waals surface area contributed by atoms with E-state index in [1.807, 2.05) is 6.08 Å². The third-order valence-electron chi connectivity index (χ3n) is 2.52. The van der Waals surface area contributed by atoms with Crippen molar-refractivity contribution in [2.45, 2.75) is 33.1 Å². The summed E-state index contributed by atoms with van der Waals surface area (Å²) in [5.41, 5.74) is 2.60. The molecule has 0 unspecified atom stereocenters. The van der Waals surface area contributed by atoms with Gasteiger partial charge >= 0.3 is 0 Å². The molecule has 1 heteroatoms. The maximum absolute atomic E-state index is 3.87. The Balaban J connectivity index is 2.64. The number of hydrogen-bond acceptors (Lipinski definition) is 1. The van der Waals surface area contributed by atoms with E-state index >= 15 is 0 Å². The van der Waals surface area contributed by atoms with Crippen molar-refractivity contribution in [3.05, 3.63) is 36.1 Å². The molecule has 0 amide bonds. The van der Waals surface area contributed by atoms with Crippen LogP contribution in [-0.2, 0) is 0 Å². The Bertz CT molecular complexity index is 238. The summed E-state index contributed by atoms with van der Waals surface area (Å²) in [6.45, 7) is 10.5. The largest absolute Gasteiger partial charge is 0.372 e. The first-order chi connectivity index (χ1) is 6.74. The summed E-state index contributed by atoms with van der Waals surface area (Å²) in [6.07, 6.45) is 10.3. The highest BCUT2D eigenvalue weighted by Crippen LogP contribution is 2.15. The average molecular weight is 191 g/mol. The number of likely N-dealkylation sites (tertiary alicyclic amines) is 1. The summed E-state index contributed by atoms with van der Waals surface area (Å²) in [6, 6.07) is 0. The Kier molecular flexibility index (Phi) is 4.51. The fourth-order valence-corrected chi connectivity index (χ4v) is 1.71. The van der Waals surface area contributed by atoms with Gasteiger partial charge in [0.05, 0.1) is 0 Å². The van der Waals surface area contributed by atoms with Crippen LogP contribution >= 0.6 is 0 Å². The van der Waals surface area contributed by atoms with Gasteiger partial charge in [0.15, 0.2) is 0 Å². The van der Waals surface area contributed by atoms with Gasteiger partial charge in [0.1, 0.15) is 0 Å². The molecule has 0 aromatic carbocycles. The SMILES string of the molecule is C=C/C(=C\C=C(C)C)N1CCCCC1. The first-order valence-electron chi connectivity index (χ1n) is 5.46. The van der Waals surface area contributed by atoms with Crippen LogP contribution < -0.4 is 0 Å². The van der Waals surface area contributed by atoms with E-state index in [9.17, 15) is 0 Å². The van der Waals surface area contributed by atoms with Gasteiger partial charge in [0, 0.05) is 18.8 Å². The van der Waals surface area contributed by atoms with E-state index in [0.717, 1.165) is 0 Å². The highest BCUT2D eigenvalue weighted by atomic mass is 15.1. The number of hydrogen-bond donors (Lipinski definition) is 0. The van der Waals surface area contributed by atoms with Crippen molar-refractivity contribution in [1.82, 2.24) is 4.90 Å². The molecule has 0 aromatic rings. The molecule has 1 fully saturated rings. The van der Waals surface area contributed by atoms with Crippen molar-refractivity contribution in [2.75, 3.05) is 13.1 Å². The van der Waals surface area contributed by atoms with Crippen molar-refractivity contribution >= 4 is 0 Å². The monoisotopic (exact) mass is 191 g/mol. The van der Waals surface area contributed by atoms with E-state index in [4.69, 9.17) is 0 Å². The molecule has 0 saturated carbocycles. The molecular formula is C13H21N. The van der Waals surface area contributed by atoms with Crippen molar-refractivity contribution in [1.29, 1.82) is 0 Å². The van der Waals surface area contributed by atoms with Gasteiger partial charge in [-0.25, -0.2) is 0 Å². The second-order valence-corrected chi connectivity index (χ2v) is 4.09. The van der Waals surface area contributed by atoms with Crippen LogP contribution in [0.3, 0.4) is 0 Å². The van der Waals surface area contributed by atoms with Crippen molar-refractivity contribution in [3.8, 4) is 0 Å². The van der Waals surface area contributed by atoms with Gasteiger partial charge in [-0.3, -0.25) is 0 Å². The zero-order chi connectivity index (χ0) is 10.4. The Labute approximate surface area is 87.8 Å². The molecule has 1 aliphatic heterocycles. The zero-order valence-electron chi connectivity index (χ0n) is 9.42. The Morgan fingerprint density at radius 3 is 2.21 bits per heavy atom. The van der Waals surface area contributed by atoms with E-state index in [1.54, 1.807) is 0 Å². The summed E-state index contributed by atoms with van der Waals surface area (Å²) in [7, 11) is 0. The van der Waals surface area contributed by atoms with Crippen LogP contribution in [0.5, 0.6) is 0 Å². The molecule has 0 radical (unpaired) electrons. The van der Waals surface area contributed by atoms with Crippen LogP contribution in [0.4, 0.5) is 0 Å². The number of piperidine rings is 1.